The highest BCUT2D eigenvalue weighted by Gasteiger charge is 2.30. The minimum absolute atomic E-state index is 0.318. The third-order valence-corrected chi connectivity index (χ3v) is 4.91. The highest BCUT2D eigenvalue weighted by molar-refractivity contribution is 6.03. The summed E-state index contributed by atoms with van der Waals surface area (Å²) in [6.07, 6.45) is -0.908. The van der Waals surface area contributed by atoms with Gasteiger partial charge < -0.3 is 20.3 Å². The molecule has 1 aromatic heterocycles. The summed E-state index contributed by atoms with van der Waals surface area (Å²) in [5.41, 5.74) is 3.04. The van der Waals surface area contributed by atoms with Gasteiger partial charge in [0, 0.05) is 23.7 Å². The number of pyridine rings is 1. The van der Waals surface area contributed by atoms with E-state index in [0.717, 1.165) is 41.8 Å². The van der Waals surface area contributed by atoms with E-state index >= 15 is 0 Å². The van der Waals surface area contributed by atoms with Gasteiger partial charge in [-0.25, -0.2) is 4.98 Å². The van der Waals surface area contributed by atoms with E-state index in [1.807, 2.05) is 39.2 Å². The Morgan fingerprint density at radius 3 is 2.53 bits per heavy atom. The summed E-state index contributed by atoms with van der Waals surface area (Å²) in [4.78, 5) is 19.1. The van der Waals surface area contributed by atoms with E-state index in [1.165, 1.54) is 36.4 Å². The monoisotopic (exact) mass is 472 g/mol. The zero-order valence-corrected chi connectivity index (χ0v) is 19.2. The van der Waals surface area contributed by atoms with Crippen LogP contribution in [0.2, 0.25) is 0 Å². The van der Waals surface area contributed by atoms with Crippen LogP contribution < -0.4 is 15.4 Å². The summed E-state index contributed by atoms with van der Waals surface area (Å²) in [7, 11) is 4.08. The molecule has 0 spiro atoms. The lowest BCUT2D eigenvalue weighted by Gasteiger charge is -2.12. The van der Waals surface area contributed by atoms with Gasteiger partial charge in [0.05, 0.1) is 5.52 Å². The standard InChI is InChI=1S/C25H27F3N4O2/c1-17-15-23(29-13-4-14-32(2)3)31-22-11-8-19(16-21(17)22)30-24(33)12-7-18-5-9-20(10-6-18)34-25(26,27)28/h5-12,15-16H,4,13-14H2,1-3H3,(H,29,31)(H,30,33)/b12-7+. The van der Waals surface area contributed by atoms with Gasteiger partial charge in [-0.05, 0) is 87.6 Å². The second-order valence-corrected chi connectivity index (χ2v) is 8.08. The predicted molar refractivity (Wildman–Crippen MR) is 129 cm³/mol. The number of aryl methyl sites for hydroxylation is 1. The third-order valence-electron chi connectivity index (χ3n) is 4.91. The van der Waals surface area contributed by atoms with Gasteiger partial charge in [0.15, 0.2) is 0 Å². The molecule has 3 aromatic rings. The number of ether oxygens (including phenoxy) is 1. The molecule has 0 saturated carbocycles. The average Bonchev–Trinajstić information content (AvgIpc) is 2.75. The number of fused-ring (bicyclic) bond motifs is 1. The Hall–Kier alpha value is -3.59. The summed E-state index contributed by atoms with van der Waals surface area (Å²) in [6.45, 7) is 3.82. The fourth-order valence-electron chi connectivity index (χ4n) is 3.31. The second-order valence-electron chi connectivity index (χ2n) is 8.08. The predicted octanol–water partition coefficient (Wildman–Crippen LogP) is 5.46. The SMILES string of the molecule is Cc1cc(NCCCN(C)C)nc2ccc(NC(=O)/C=C/c3ccc(OC(F)(F)F)cc3)cc12. The topological polar surface area (TPSA) is 66.5 Å². The number of aromatic nitrogens is 1. The molecule has 9 heteroatoms. The van der Waals surface area contributed by atoms with Crippen molar-refractivity contribution < 1.29 is 22.7 Å². The Morgan fingerprint density at radius 2 is 1.85 bits per heavy atom. The summed E-state index contributed by atoms with van der Waals surface area (Å²) in [5.74, 6) is 0.135. The van der Waals surface area contributed by atoms with Crippen molar-refractivity contribution in [1.29, 1.82) is 0 Å². The summed E-state index contributed by atoms with van der Waals surface area (Å²) in [5, 5.41) is 7.07. The molecule has 34 heavy (non-hydrogen) atoms. The largest absolute Gasteiger partial charge is 0.573 e. The zero-order chi connectivity index (χ0) is 24.7. The first kappa shape index (κ1) is 25.0. The Morgan fingerprint density at radius 1 is 1.12 bits per heavy atom. The molecular formula is C25H27F3N4O2. The van der Waals surface area contributed by atoms with Gasteiger partial charge >= 0.3 is 6.36 Å². The molecule has 2 N–H and O–H groups in total. The number of hydrogen-bond donors (Lipinski definition) is 2. The van der Waals surface area contributed by atoms with Crippen molar-refractivity contribution in [3.8, 4) is 5.75 Å². The lowest BCUT2D eigenvalue weighted by molar-refractivity contribution is -0.274. The molecule has 0 aliphatic heterocycles. The normalized spacial score (nSPS) is 11.9. The average molecular weight is 473 g/mol. The van der Waals surface area contributed by atoms with Crippen molar-refractivity contribution in [2.45, 2.75) is 19.7 Å². The Balaban J connectivity index is 1.61. The van der Waals surface area contributed by atoms with Crippen molar-refractivity contribution >= 4 is 34.4 Å². The van der Waals surface area contributed by atoms with Crippen LogP contribution in [0.25, 0.3) is 17.0 Å². The maximum Gasteiger partial charge on any atom is 0.573 e. The number of amides is 1. The molecule has 0 atom stereocenters. The quantitative estimate of drug-likeness (QED) is 0.320. The number of halogens is 3. The van der Waals surface area contributed by atoms with E-state index in [2.05, 4.69) is 25.3 Å². The third kappa shape index (κ3) is 7.77. The van der Waals surface area contributed by atoms with Crippen LogP contribution >= 0.6 is 0 Å². The fraction of sp³-hybridized carbons (Fsp3) is 0.280. The van der Waals surface area contributed by atoms with Gasteiger partial charge in [0.2, 0.25) is 5.91 Å². The lowest BCUT2D eigenvalue weighted by Crippen LogP contribution is -2.16. The Labute approximate surface area is 196 Å². The van der Waals surface area contributed by atoms with Gasteiger partial charge in [-0.15, -0.1) is 13.2 Å². The van der Waals surface area contributed by atoms with Gasteiger partial charge in [0.1, 0.15) is 11.6 Å². The van der Waals surface area contributed by atoms with Crippen LogP contribution in [-0.2, 0) is 4.79 Å². The lowest BCUT2D eigenvalue weighted by atomic mass is 10.1. The van der Waals surface area contributed by atoms with Crippen molar-refractivity contribution in [2.75, 3.05) is 37.8 Å². The number of carbonyl (C=O) groups is 1. The van der Waals surface area contributed by atoms with Gasteiger partial charge in [-0.1, -0.05) is 12.1 Å². The zero-order valence-electron chi connectivity index (χ0n) is 19.2. The molecule has 2 aromatic carbocycles. The van der Waals surface area contributed by atoms with Crippen LogP contribution in [0.5, 0.6) is 5.75 Å². The van der Waals surface area contributed by atoms with E-state index in [0.29, 0.717) is 11.3 Å². The number of rotatable bonds is 9. The van der Waals surface area contributed by atoms with Crippen LogP contribution in [0.4, 0.5) is 24.7 Å². The van der Waals surface area contributed by atoms with Gasteiger partial charge in [0.25, 0.3) is 0 Å². The van der Waals surface area contributed by atoms with E-state index in [4.69, 9.17) is 0 Å². The smallest absolute Gasteiger partial charge is 0.406 e. The molecule has 6 nitrogen and oxygen atoms in total. The maximum atomic E-state index is 12.3. The molecule has 0 saturated heterocycles. The van der Waals surface area contributed by atoms with Gasteiger partial charge in [-0.2, -0.15) is 0 Å². The molecule has 0 unspecified atom stereocenters. The number of alkyl halides is 3. The molecule has 0 bridgehead atoms. The van der Waals surface area contributed by atoms with E-state index < -0.39 is 6.36 Å². The van der Waals surface area contributed by atoms with Crippen LogP contribution in [0, 0.1) is 6.92 Å². The summed E-state index contributed by atoms with van der Waals surface area (Å²) < 4.78 is 40.5. The molecule has 0 aliphatic rings. The van der Waals surface area contributed by atoms with Crippen molar-refractivity contribution in [3.05, 3.63) is 65.7 Å². The number of carbonyl (C=O) groups excluding carboxylic acids is 1. The van der Waals surface area contributed by atoms with Crippen LogP contribution in [0.1, 0.15) is 17.5 Å². The van der Waals surface area contributed by atoms with Crippen LogP contribution in [0.15, 0.2) is 54.6 Å². The molecule has 0 fully saturated rings. The number of hydrogen-bond acceptors (Lipinski definition) is 5. The highest BCUT2D eigenvalue weighted by atomic mass is 19.4. The van der Waals surface area contributed by atoms with Crippen molar-refractivity contribution in [1.82, 2.24) is 9.88 Å². The molecule has 0 radical (unpaired) electrons. The van der Waals surface area contributed by atoms with Gasteiger partial charge in [-0.3, -0.25) is 4.79 Å². The fourth-order valence-corrected chi connectivity index (χ4v) is 3.31. The van der Waals surface area contributed by atoms with E-state index in [9.17, 15) is 18.0 Å². The summed E-state index contributed by atoms with van der Waals surface area (Å²) >= 11 is 0. The number of anilines is 2. The Bertz CT molecular complexity index is 1160. The summed E-state index contributed by atoms with van der Waals surface area (Å²) in [6, 6.07) is 12.7. The highest BCUT2D eigenvalue weighted by Crippen LogP contribution is 2.25. The van der Waals surface area contributed by atoms with Crippen molar-refractivity contribution in [2.24, 2.45) is 0 Å². The van der Waals surface area contributed by atoms with Crippen molar-refractivity contribution in [3.63, 3.8) is 0 Å². The number of nitrogens with one attached hydrogen (secondary N) is 2. The molecule has 1 amide bonds. The minimum atomic E-state index is -4.74. The number of nitrogens with zero attached hydrogens (tertiary/aromatic N) is 2. The molecule has 0 aliphatic carbocycles. The molecule has 180 valence electrons. The molecule has 1 heterocycles. The van der Waals surface area contributed by atoms with E-state index in [-0.39, 0.29) is 11.7 Å². The first-order valence-electron chi connectivity index (χ1n) is 10.7. The minimum Gasteiger partial charge on any atom is -0.406 e. The van der Waals surface area contributed by atoms with Crippen LogP contribution in [0.3, 0.4) is 0 Å². The molecule has 3 rings (SSSR count). The maximum absolute atomic E-state index is 12.3. The van der Waals surface area contributed by atoms with Crippen LogP contribution in [-0.4, -0.2) is 49.3 Å². The first-order valence-corrected chi connectivity index (χ1v) is 10.7. The Kier molecular flexibility index (Phi) is 8.12. The first-order chi connectivity index (χ1) is 16.1. The van der Waals surface area contributed by atoms with E-state index in [1.54, 1.807) is 6.07 Å². The molecular weight excluding hydrogens is 445 g/mol. The second kappa shape index (κ2) is 11.0. The number of benzene rings is 2.